The molecule has 4 saturated heterocycles. The Morgan fingerprint density at radius 2 is 1.91 bits per heavy atom. The van der Waals surface area contributed by atoms with Gasteiger partial charge in [-0.15, -0.1) is 0 Å². The number of anilines is 2. The van der Waals surface area contributed by atoms with E-state index < -0.39 is 34.8 Å². The maximum atomic E-state index is 17.0. The first-order valence-electron chi connectivity index (χ1n) is 15.4. The quantitative estimate of drug-likeness (QED) is 0.206. The second-order valence-electron chi connectivity index (χ2n) is 13.1. The topological polar surface area (TPSA) is 92.7 Å². The summed E-state index contributed by atoms with van der Waals surface area (Å²) in [6.07, 6.45) is -1.75. The van der Waals surface area contributed by atoms with Crippen LogP contribution in [0.25, 0.3) is 33.0 Å². The number of furan rings is 1. The van der Waals surface area contributed by atoms with Crippen molar-refractivity contribution >= 4 is 33.4 Å². The molecule has 4 aliphatic rings. The third-order valence-corrected chi connectivity index (χ3v) is 10.0. The van der Waals surface area contributed by atoms with Gasteiger partial charge in [-0.1, -0.05) is 0 Å². The molecule has 0 saturated carbocycles. The number of piperazine rings is 1. The molecular weight excluding hydrogens is 595 g/mol. The van der Waals surface area contributed by atoms with E-state index in [2.05, 4.69) is 20.1 Å². The average Bonchev–Trinajstić information content (AvgIpc) is 3.72. The molecule has 2 aromatic carbocycles. The lowest BCUT2D eigenvalue weighted by Crippen LogP contribution is -2.51. The number of alkyl halides is 4. The lowest BCUT2D eigenvalue weighted by molar-refractivity contribution is -0.137. The molecule has 2 bridgehead atoms. The number of fused-ring (bicyclic) bond motifs is 6. The summed E-state index contributed by atoms with van der Waals surface area (Å²) in [6.45, 7) is 4.12. The van der Waals surface area contributed by atoms with E-state index in [4.69, 9.17) is 19.9 Å². The number of rotatable bonds is 5. The summed E-state index contributed by atoms with van der Waals surface area (Å²) in [5.74, 6) is -0.159. The molecule has 238 valence electrons. The fourth-order valence-electron chi connectivity index (χ4n) is 8.11. The van der Waals surface area contributed by atoms with Crippen LogP contribution in [-0.4, -0.2) is 71.4 Å². The number of nitrogens with two attached hydrogens (primary N) is 1. The highest BCUT2D eigenvalue weighted by molar-refractivity contribution is 6.15. The Morgan fingerprint density at radius 3 is 2.67 bits per heavy atom. The van der Waals surface area contributed by atoms with Crippen molar-refractivity contribution in [2.24, 2.45) is 0 Å². The Bertz CT molecular complexity index is 1820. The summed E-state index contributed by atoms with van der Waals surface area (Å²) in [5.41, 5.74) is 3.42. The molecule has 45 heavy (non-hydrogen) atoms. The van der Waals surface area contributed by atoms with Gasteiger partial charge in [-0.25, -0.2) is 8.78 Å². The van der Waals surface area contributed by atoms with Gasteiger partial charge < -0.3 is 25.1 Å². The molecule has 0 unspecified atom stereocenters. The standard InChI is InChI=1S/C32H33F5N6O2/c1-16-9-22-25-27(26(34)24(28(22)45-16)21-10-18(38)3-6-23(21)32(35,36)37)40-30(41-29(25)42-13-19-4-5-20(14-42)39-19)44-15-31-7-2-8-43(31)12-17(33)11-31/h3,6,9-10,17,19-20,39H,2,4-5,7-8,11-15,38H2,1H3/t17-,19-,20+,31+/m1/s1. The normalized spacial score (nSPS) is 26.8. The van der Waals surface area contributed by atoms with Crippen LogP contribution in [0, 0.1) is 12.7 Å². The maximum Gasteiger partial charge on any atom is 0.417 e. The van der Waals surface area contributed by atoms with E-state index in [0.29, 0.717) is 48.4 Å². The number of benzene rings is 2. The Hall–Kier alpha value is -3.71. The summed E-state index contributed by atoms with van der Waals surface area (Å²) in [5, 5.41) is 4.33. The predicted molar refractivity (Wildman–Crippen MR) is 160 cm³/mol. The fraction of sp³-hybridized carbons (Fsp3) is 0.500. The van der Waals surface area contributed by atoms with Crippen molar-refractivity contribution in [3.63, 3.8) is 0 Å². The van der Waals surface area contributed by atoms with Crippen molar-refractivity contribution < 1.29 is 31.1 Å². The van der Waals surface area contributed by atoms with Crippen LogP contribution in [0.15, 0.2) is 28.7 Å². The smallest absolute Gasteiger partial charge is 0.417 e. The number of ether oxygens (including phenoxy) is 1. The van der Waals surface area contributed by atoms with Crippen LogP contribution in [0.2, 0.25) is 0 Å². The Balaban J connectivity index is 1.35. The number of nitrogens with one attached hydrogen (secondary N) is 1. The zero-order valence-electron chi connectivity index (χ0n) is 24.7. The second kappa shape index (κ2) is 10.1. The summed E-state index contributed by atoms with van der Waals surface area (Å²) < 4.78 is 86.4. The largest absolute Gasteiger partial charge is 0.461 e. The molecule has 8 rings (SSSR count). The average molecular weight is 629 g/mol. The fourth-order valence-corrected chi connectivity index (χ4v) is 8.11. The van der Waals surface area contributed by atoms with Gasteiger partial charge >= 0.3 is 12.2 Å². The lowest BCUT2D eigenvalue weighted by atomic mass is 9.94. The van der Waals surface area contributed by atoms with Crippen LogP contribution >= 0.6 is 0 Å². The van der Waals surface area contributed by atoms with Gasteiger partial charge in [0.2, 0.25) is 0 Å². The van der Waals surface area contributed by atoms with Crippen molar-refractivity contribution in [3.05, 3.63) is 41.4 Å². The molecule has 8 nitrogen and oxygen atoms in total. The summed E-state index contributed by atoms with van der Waals surface area (Å²) >= 11 is 0. The van der Waals surface area contributed by atoms with Crippen LogP contribution in [0.1, 0.15) is 43.4 Å². The van der Waals surface area contributed by atoms with Crippen LogP contribution in [0.5, 0.6) is 6.01 Å². The first-order chi connectivity index (χ1) is 21.5. The Morgan fingerprint density at radius 1 is 1.13 bits per heavy atom. The molecular formula is C32H33F5N6O2. The zero-order chi connectivity index (χ0) is 31.2. The van der Waals surface area contributed by atoms with Gasteiger partial charge in [-0.05, 0) is 63.4 Å². The monoisotopic (exact) mass is 628 g/mol. The molecule has 3 N–H and O–H groups in total. The second-order valence-corrected chi connectivity index (χ2v) is 13.1. The van der Waals surface area contributed by atoms with Crippen molar-refractivity contribution in [1.82, 2.24) is 20.2 Å². The molecule has 4 atom stereocenters. The highest BCUT2D eigenvalue weighted by Gasteiger charge is 2.49. The number of hydrogen-bond donors (Lipinski definition) is 2. The molecule has 6 heterocycles. The number of nitrogens with zero attached hydrogens (tertiary/aromatic N) is 4. The molecule has 0 radical (unpaired) electrons. The van der Waals surface area contributed by atoms with E-state index in [0.717, 1.165) is 50.4 Å². The van der Waals surface area contributed by atoms with E-state index in [9.17, 15) is 17.6 Å². The van der Waals surface area contributed by atoms with E-state index in [1.807, 2.05) is 0 Å². The first-order valence-corrected chi connectivity index (χ1v) is 15.4. The molecule has 0 aliphatic carbocycles. The number of hydrogen-bond acceptors (Lipinski definition) is 8. The molecule has 2 aromatic heterocycles. The van der Waals surface area contributed by atoms with Crippen LogP contribution in [-0.2, 0) is 6.18 Å². The van der Waals surface area contributed by atoms with E-state index in [-0.39, 0.29) is 47.1 Å². The van der Waals surface area contributed by atoms with Gasteiger partial charge in [0.05, 0.1) is 22.1 Å². The number of aromatic nitrogens is 2. The third-order valence-electron chi connectivity index (χ3n) is 10.0. The lowest BCUT2D eigenvalue weighted by Gasteiger charge is -2.35. The minimum absolute atomic E-state index is 0.0364. The third kappa shape index (κ3) is 4.68. The van der Waals surface area contributed by atoms with Gasteiger partial charge in [0, 0.05) is 54.8 Å². The van der Waals surface area contributed by atoms with Crippen LogP contribution < -0.4 is 20.7 Å². The first kappa shape index (κ1) is 28.7. The van der Waals surface area contributed by atoms with Gasteiger partial charge in [-0.2, -0.15) is 23.1 Å². The van der Waals surface area contributed by atoms with E-state index in [1.165, 1.54) is 0 Å². The van der Waals surface area contributed by atoms with Gasteiger partial charge in [0.25, 0.3) is 0 Å². The van der Waals surface area contributed by atoms with E-state index in [1.54, 1.807) is 13.0 Å². The molecule has 13 heteroatoms. The molecule has 4 aromatic rings. The SMILES string of the molecule is Cc1cc2c(o1)c(-c1cc(N)ccc1C(F)(F)F)c(F)c1nc(OC[C@@]34CCCN3C[C@H](F)C4)nc(N3C[C@H]4CC[C@@H](C3)N4)c12. The van der Waals surface area contributed by atoms with Gasteiger partial charge in [0.15, 0.2) is 5.82 Å². The van der Waals surface area contributed by atoms with Gasteiger partial charge in [-0.3, -0.25) is 4.90 Å². The summed E-state index contributed by atoms with van der Waals surface area (Å²) in [6, 6.07) is 5.11. The van der Waals surface area contributed by atoms with E-state index >= 15 is 4.39 Å². The Kier molecular flexibility index (Phi) is 6.48. The molecule has 4 fully saturated rings. The Labute approximate surface area is 255 Å². The molecule has 4 aliphatic heterocycles. The van der Waals surface area contributed by atoms with Gasteiger partial charge in [0.1, 0.15) is 35.5 Å². The van der Waals surface area contributed by atoms with Crippen LogP contribution in [0.3, 0.4) is 0 Å². The van der Waals surface area contributed by atoms with Crippen molar-refractivity contribution in [2.75, 3.05) is 43.4 Å². The van der Waals surface area contributed by atoms with Crippen molar-refractivity contribution in [2.45, 2.75) is 69.0 Å². The van der Waals surface area contributed by atoms with Crippen LogP contribution in [0.4, 0.5) is 33.5 Å². The number of halogens is 5. The van der Waals surface area contributed by atoms with Crippen molar-refractivity contribution in [1.29, 1.82) is 0 Å². The number of nitrogen functional groups attached to an aromatic ring is 1. The number of aryl methyl sites for hydroxylation is 1. The highest BCUT2D eigenvalue weighted by Crippen LogP contribution is 2.47. The van der Waals surface area contributed by atoms with Crippen molar-refractivity contribution in [3.8, 4) is 17.1 Å². The predicted octanol–water partition coefficient (Wildman–Crippen LogP) is 5.99. The zero-order valence-corrected chi connectivity index (χ0v) is 24.7. The maximum absolute atomic E-state index is 17.0. The molecule has 0 spiro atoms. The summed E-state index contributed by atoms with van der Waals surface area (Å²) in [4.78, 5) is 13.5. The minimum Gasteiger partial charge on any atom is -0.461 e. The minimum atomic E-state index is -4.79. The molecule has 0 amide bonds. The highest BCUT2D eigenvalue weighted by atomic mass is 19.4. The summed E-state index contributed by atoms with van der Waals surface area (Å²) in [7, 11) is 0.